The van der Waals surface area contributed by atoms with Gasteiger partial charge in [-0.25, -0.2) is 0 Å². The van der Waals surface area contributed by atoms with E-state index in [9.17, 15) is 0 Å². The van der Waals surface area contributed by atoms with E-state index < -0.39 is 0 Å². The summed E-state index contributed by atoms with van der Waals surface area (Å²) in [7, 11) is 3.30. The van der Waals surface area contributed by atoms with Gasteiger partial charge in [-0.15, -0.1) is 12.4 Å². The van der Waals surface area contributed by atoms with Gasteiger partial charge in [0.2, 0.25) is 0 Å². The molecule has 20 heavy (non-hydrogen) atoms. The fourth-order valence-electron chi connectivity index (χ4n) is 2.48. The topological polar surface area (TPSA) is 47.7 Å². The van der Waals surface area contributed by atoms with Crippen molar-refractivity contribution in [3.05, 3.63) is 22.2 Å². The number of likely N-dealkylation sites (tertiary alicyclic amines) is 1. The smallest absolute Gasteiger partial charge is 0.161 e. The Bertz CT molecular complexity index is 449. The predicted molar refractivity (Wildman–Crippen MR) is 86.9 cm³/mol. The third-order valence-electron chi connectivity index (χ3n) is 3.69. The first-order chi connectivity index (χ1) is 9.05. The van der Waals surface area contributed by atoms with E-state index in [-0.39, 0.29) is 18.4 Å². The minimum atomic E-state index is 0. The summed E-state index contributed by atoms with van der Waals surface area (Å²) in [6, 6.07) is 4.25. The molecule has 2 N–H and O–H groups in total. The first-order valence-electron chi connectivity index (χ1n) is 6.43. The summed E-state index contributed by atoms with van der Waals surface area (Å²) in [5.74, 6) is 2.06. The maximum Gasteiger partial charge on any atom is 0.161 e. The van der Waals surface area contributed by atoms with Crippen LogP contribution in [0, 0.1) is 5.92 Å². The van der Waals surface area contributed by atoms with Crippen molar-refractivity contribution in [2.45, 2.75) is 19.5 Å². The molecule has 0 saturated carbocycles. The van der Waals surface area contributed by atoms with Gasteiger partial charge in [0.1, 0.15) is 0 Å². The Hall–Kier alpha value is -0.490. The van der Waals surface area contributed by atoms with Crippen LogP contribution in [0.15, 0.2) is 16.6 Å². The van der Waals surface area contributed by atoms with Gasteiger partial charge < -0.3 is 15.2 Å². The van der Waals surface area contributed by atoms with Crippen molar-refractivity contribution in [2.75, 3.05) is 27.3 Å². The second kappa shape index (κ2) is 7.50. The Morgan fingerprint density at radius 2 is 1.85 bits per heavy atom. The van der Waals surface area contributed by atoms with E-state index in [1.807, 2.05) is 12.1 Å². The predicted octanol–water partition coefficient (Wildman–Crippen LogP) is 2.67. The Morgan fingerprint density at radius 3 is 2.35 bits per heavy atom. The third-order valence-corrected chi connectivity index (χ3v) is 4.43. The highest BCUT2D eigenvalue weighted by Gasteiger charge is 2.27. The minimum absolute atomic E-state index is 0. The number of hydrogen-bond acceptors (Lipinski definition) is 4. The molecule has 1 saturated heterocycles. The van der Waals surface area contributed by atoms with Crippen LogP contribution in [-0.4, -0.2) is 38.3 Å². The van der Waals surface area contributed by atoms with Crippen LogP contribution >= 0.6 is 28.3 Å². The van der Waals surface area contributed by atoms with Crippen LogP contribution in [0.4, 0.5) is 0 Å². The molecule has 2 unspecified atom stereocenters. The quantitative estimate of drug-likeness (QED) is 0.891. The molecule has 114 valence electrons. The molecule has 2 atom stereocenters. The molecule has 0 amide bonds. The fraction of sp³-hybridized carbons (Fsp3) is 0.571. The molecule has 0 bridgehead atoms. The summed E-state index contributed by atoms with van der Waals surface area (Å²) in [5.41, 5.74) is 7.26. The monoisotopic (exact) mass is 364 g/mol. The molecule has 1 aliphatic rings. The number of ether oxygens (including phenoxy) is 2. The first-order valence-corrected chi connectivity index (χ1v) is 7.22. The molecule has 0 spiro atoms. The lowest BCUT2D eigenvalue weighted by Gasteiger charge is -2.18. The average Bonchev–Trinajstić information content (AvgIpc) is 2.70. The van der Waals surface area contributed by atoms with Crippen LogP contribution < -0.4 is 15.2 Å². The summed E-state index contributed by atoms with van der Waals surface area (Å²) in [6.45, 7) is 5.07. The highest BCUT2D eigenvalue weighted by molar-refractivity contribution is 9.10. The van der Waals surface area contributed by atoms with Gasteiger partial charge in [0.05, 0.1) is 14.2 Å². The van der Waals surface area contributed by atoms with E-state index in [0.717, 1.165) is 35.6 Å². The van der Waals surface area contributed by atoms with Crippen molar-refractivity contribution >= 4 is 28.3 Å². The zero-order valence-corrected chi connectivity index (χ0v) is 14.5. The lowest BCUT2D eigenvalue weighted by Crippen LogP contribution is -2.28. The van der Waals surface area contributed by atoms with E-state index in [1.54, 1.807) is 14.2 Å². The van der Waals surface area contributed by atoms with Crippen molar-refractivity contribution in [1.82, 2.24) is 4.90 Å². The summed E-state index contributed by atoms with van der Waals surface area (Å²) in [5, 5.41) is 0. The SMILES string of the molecule is COc1cc(Br)c(CN2CC(C)C(N)C2)cc1OC.Cl. The molecule has 0 radical (unpaired) electrons. The van der Waals surface area contributed by atoms with Crippen molar-refractivity contribution in [3.8, 4) is 11.5 Å². The number of rotatable bonds is 4. The van der Waals surface area contributed by atoms with Gasteiger partial charge in [-0.1, -0.05) is 22.9 Å². The molecular weight excluding hydrogens is 344 g/mol. The lowest BCUT2D eigenvalue weighted by molar-refractivity contribution is 0.315. The van der Waals surface area contributed by atoms with Gasteiger partial charge in [-0.2, -0.15) is 0 Å². The average molecular weight is 366 g/mol. The van der Waals surface area contributed by atoms with E-state index in [4.69, 9.17) is 15.2 Å². The number of hydrogen-bond donors (Lipinski definition) is 1. The van der Waals surface area contributed by atoms with E-state index >= 15 is 0 Å². The van der Waals surface area contributed by atoms with E-state index in [1.165, 1.54) is 5.56 Å². The van der Waals surface area contributed by atoms with Crippen LogP contribution in [0.3, 0.4) is 0 Å². The van der Waals surface area contributed by atoms with Gasteiger partial charge >= 0.3 is 0 Å². The highest BCUT2D eigenvalue weighted by atomic mass is 79.9. The molecule has 0 aliphatic carbocycles. The zero-order valence-electron chi connectivity index (χ0n) is 12.1. The lowest BCUT2D eigenvalue weighted by atomic mass is 10.1. The largest absolute Gasteiger partial charge is 0.493 e. The number of benzene rings is 1. The molecule has 6 heteroatoms. The maximum atomic E-state index is 6.06. The third kappa shape index (κ3) is 3.79. The molecule has 1 heterocycles. The van der Waals surface area contributed by atoms with Gasteiger partial charge in [-0.3, -0.25) is 4.90 Å². The second-order valence-electron chi connectivity index (χ2n) is 5.13. The molecule has 4 nitrogen and oxygen atoms in total. The van der Waals surface area contributed by atoms with Crippen LogP contribution in [0.1, 0.15) is 12.5 Å². The van der Waals surface area contributed by atoms with Crippen LogP contribution in [0.2, 0.25) is 0 Å². The molecule has 1 aliphatic heterocycles. The summed E-state index contributed by atoms with van der Waals surface area (Å²) in [4.78, 5) is 2.38. The van der Waals surface area contributed by atoms with Crippen molar-refractivity contribution < 1.29 is 9.47 Å². The number of nitrogens with two attached hydrogens (primary N) is 1. The van der Waals surface area contributed by atoms with Gasteiger partial charge in [0.15, 0.2) is 11.5 Å². The van der Waals surface area contributed by atoms with Crippen LogP contribution in [-0.2, 0) is 6.54 Å². The molecule has 1 fully saturated rings. The summed E-state index contributed by atoms with van der Waals surface area (Å²) >= 11 is 3.60. The van der Waals surface area contributed by atoms with Gasteiger partial charge in [0, 0.05) is 30.1 Å². The number of nitrogens with zero attached hydrogens (tertiary/aromatic N) is 1. The Balaban J connectivity index is 0.00000200. The molecule has 1 aromatic rings. The first kappa shape index (κ1) is 17.6. The van der Waals surface area contributed by atoms with Crippen LogP contribution in [0.25, 0.3) is 0 Å². The van der Waals surface area contributed by atoms with E-state index in [0.29, 0.717) is 5.92 Å². The Labute approximate surface area is 135 Å². The van der Waals surface area contributed by atoms with Crippen molar-refractivity contribution in [1.29, 1.82) is 0 Å². The number of methoxy groups -OCH3 is 2. The summed E-state index contributed by atoms with van der Waals surface area (Å²) in [6.07, 6.45) is 0. The Morgan fingerprint density at radius 1 is 1.25 bits per heavy atom. The Kier molecular flexibility index (Phi) is 6.58. The zero-order chi connectivity index (χ0) is 14.0. The molecule has 1 aromatic carbocycles. The van der Waals surface area contributed by atoms with Crippen LogP contribution in [0.5, 0.6) is 11.5 Å². The minimum Gasteiger partial charge on any atom is -0.493 e. The van der Waals surface area contributed by atoms with Crippen molar-refractivity contribution in [3.63, 3.8) is 0 Å². The molecule has 2 rings (SSSR count). The van der Waals surface area contributed by atoms with Crippen molar-refractivity contribution in [2.24, 2.45) is 11.7 Å². The normalized spacial score (nSPS) is 22.4. The number of halogens is 2. The fourth-order valence-corrected chi connectivity index (χ4v) is 2.93. The van der Waals surface area contributed by atoms with Gasteiger partial charge in [-0.05, 0) is 23.6 Å². The van der Waals surface area contributed by atoms with E-state index in [2.05, 4.69) is 27.8 Å². The second-order valence-corrected chi connectivity index (χ2v) is 5.99. The maximum absolute atomic E-state index is 6.06. The standard InChI is InChI=1S/C14H21BrN2O2.ClH/c1-9-6-17(8-12(9)16)7-10-4-13(18-2)14(19-3)5-11(10)15;/h4-5,9,12H,6-8,16H2,1-3H3;1H. The highest BCUT2D eigenvalue weighted by Crippen LogP contribution is 2.34. The molecular formula is C14H22BrClN2O2. The molecule has 0 aromatic heterocycles. The summed E-state index contributed by atoms with van der Waals surface area (Å²) < 4.78 is 11.7. The van der Waals surface area contributed by atoms with Gasteiger partial charge in [0.25, 0.3) is 0 Å².